The molecule has 1 nitrogen and oxygen atoms in total. The van der Waals surface area contributed by atoms with Crippen LogP contribution in [-0.4, -0.2) is 23.5 Å². The molecule has 1 saturated carbocycles. The summed E-state index contributed by atoms with van der Waals surface area (Å²) >= 11 is 0. The molecule has 0 amide bonds. The van der Waals surface area contributed by atoms with Gasteiger partial charge in [-0.2, -0.15) is 0 Å². The Bertz CT molecular complexity index is 186. The molecule has 76 valence electrons. The van der Waals surface area contributed by atoms with Crippen molar-refractivity contribution in [2.75, 3.05) is 6.54 Å². The zero-order valence-corrected chi connectivity index (χ0v) is 9.34. The van der Waals surface area contributed by atoms with Gasteiger partial charge in [-0.05, 0) is 44.6 Å². The standard InChI is InChI=1S/C12H23N/c1-10-6-5-9-13(10)11-7-4-8-12(11,2)3/h10-11H,4-9H2,1-3H3. The van der Waals surface area contributed by atoms with Crippen molar-refractivity contribution in [3.8, 4) is 0 Å². The molecule has 1 heterocycles. The van der Waals surface area contributed by atoms with Crippen LogP contribution in [0.3, 0.4) is 0 Å². The third kappa shape index (κ3) is 1.63. The second-order valence-corrected chi connectivity index (χ2v) is 5.63. The van der Waals surface area contributed by atoms with Crippen LogP contribution in [0.15, 0.2) is 0 Å². The van der Waals surface area contributed by atoms with E-state index in [-0.39, 0.29) is 0 Å². The first-order valence-corrected chi connectivity index (χ1v) is 5.87. The van der Waals surface area contributed by atoms with Gasteiger partial charge in [0.05, 0.1) is 0 Å². The Morgan fingerprint density at radius 3 is 2.38 bits per heavy atom. The number of likely N-dealkylation sites (tertiary alicyclic amines) is 1. The van der Waals surface area contributed by atoms with E-state index in [1.165, 1.54) is 38.6 Å². The lowest BCUT2D eigenvalue weighted by molar-refractivity contribution is 0.107. The molecule has 1 aliphatic heterocycles. The van der Waals surface area contributed by atoms with Crippen LogP contribution in [0.2, 0.25) is 0 Å². The predicted molar refractivity (Wildman–Crippen MR) is 56.8 cm³/mol. The average molecular weight is 181 g/mol. The first-order chi connectivity index (χ1) is 6.11. The van der Waals surface area contributed by atoms with Gasteiger partial charge in [0, 0.05) is 12.1 Å². The summed E-state index contributed by atoms with van der Waals surface area (Å²) in [7, 11) is 0. The molecule has 0 N–H and O–H groups in total. The van der Waals surface area contributed by atoms with Crippen LogP contribution < -0.4 is 0 Å². The first-order valence-electron chi connectivity index (χ1n) is 5.87. The van der Waals surface area contributed by atoms with Crippen molar-refractivity contribution in [2.45, 2.75) is 65.0 Å². The molecule has 2 fully saturated rings. The van der Waals surface area contributed by atoms with Crippen molar-refractivity contribution < 1.29 is 0 Å². The topological polar surface area (TPSA) is 3.24 Å². The normalized spacial score (nSPS) is 39.9. The van der Waals surface area contributed by atoms with Crippen molar-refractivity contribution in [1.82, 2.24) is 4.90 Å². The fraction of sp³-hybridized carbons (Fsp3) is 1.00. The Kier molecular flexibility index (Phi) is 2.39. The number of hydrogen-bond acceptors (Lipinski definition) is 1. The maximum atomic E-state index is 2.77. The van der Waals surface area contributed by atoms with E-state index in [0.29, 0.717) is 5.41 Å². The van der Waals surface area contributed by atoms with Crippen LogP contribution in [0.4, 0.5) is 0 Å². The van der Waals surface area contributed by atoms with Crippen LogP contribution >= 0.6 is 0 Å². The van der Waals surface area contributed by atoms with Gasteiger partial charge >= 0.3 is 0 Å². The monoisotopic (exact) mass is 181 g/mol. The fourth-order valence-electron chi connectivity index (χ4n) is 3.34. The second-order valence-electron chi connectivity index (χ2n) is 5.63. The molecule has 0 aromatic rings. The Labute approximate surface area is 82.5 Å². The number of nitrogens with zero attached hydrogens (tertiary/aromatic N) is 1. The number of rotatable bonds is 1. The van der Waals surface area contributed by atoms with Gasteiger partial charge < -0.3 is 0 Å². The zero-order chi connectivity index (χ0) is 9.47. The van der Waals surface area contributed by atoms with E-state index in [1.807, 2.05) is 0 Å². The van der Waals surface area contributed by atoms with E-state index >= 15 is 0 Å². The summed E-state index contributed by atoms with van der Waals surface area (Å²) in [6.07, 6.45) is 7.17. The highest BCUT2D eigenvalue weighted by molar-refractivity contribution is 4.95. The van der Waals surface area contributed by atoms with Gasteiger partial charge in [0.2, 0.25) is 0 Å². The summed E-state index contributed by atoms with van der Waals surface area (Å²) < 4.78 is 0. The highest BCUT2D eigenvalue weighted by atomic mass is 15.2. The molecule has 0 aromatic heterocycles. The van der Waals surface area contributed by atoms with Gasteiger partial charge in [-0.15, -0.1) is 0 Å². The van der Waals surface area contributed by atoms with Crippen LogP contribution in [0, 0.1) is 5.41 Å². The molecule has 2 aliphatic rings. The third-order valence-electron chi connectivity index (χ3n) is 4.21. The predicted octanol–water partition coefficient (Wildman–Crippen LogP) is 3.05. The maximum Gasteiger partial charge on any atom is 0.0149 e. The smallest absolute Gasteiger partial charge is 0.0149 e. The molecule has 2 unspecified atom stereocenters. The zero-order valence-electron chi connectivity index (χ0n) is 9.34. The molecule has 0 spiro atoms. The summed E-state index contributed by atoms with van der Waals surface area (Å²) in [6, 6.07) is 1.73. The van der Waals surface area contributed by atoms with E-state index in [2.05, 4.69) is 25.7 Å². The lowest BCUT2D eigenvalue weighted by Gasteiger charge is -2.37. The van der Waals surface area contributed by atoms with Crippen molar-refractivity contribution in [3.05, 3.63) is 0 Å². The van der Waals surface area contributed by atoms with Gasteiger partial charge in [-0.25, -0.2) is 0 Å². The highest BCUT2D eigenvalue weighted by Crippen LogP contribution is 2.42. The molecule has 0 bridgehead atoms. The second kappa shape index (κ2) is 3.27. The van der Waals surface area contributed by atoms with Gasteiger partial charge in [0.15, 0.2) is 0 Å². The SMILES string of the molecule is CC1CCCN1C1CCCC1(C)C. The van der Waals surface area contributed by atoms with Crippen molar-refractivity contribution >= 4 is 0 Å². The molecule has 1 heteroatoms. The maximum absolute atomic E-state index is 2.77. The first kappa shape index (κ1) is 9.51. The molecule has 1 saturated heterocycles. The summed E-state index contributed by atoms with van der Waals surface area (Å²) in [5, 5.41) is 0. The Morgan fingerprint density at radius 2 is 1.92 bits per heavy atom. The fourth-order valence-corrected chi connectivity index (χ4v) is 3.34. The Morgan fingerprint density at radius 1 is 1.15 bits per heavy atom. The van der Waals surface area contributed by atoms with Crippen molar-refractivity contribution in [3.63, 3.8) is 0 Å². The molecule has 0 aromatic carbocycles. The van der Waals surface area contributed by atoms with Crippen LogP contribution in [0.1, 0.15) is 52.9 Å². The van der Waals surface area contributed by atoms with E-state index in [0.717, 1.165) is 12.1 Å². The van der Waals surface area contributed by atoms with E-state index in [9.17, 15) is 0 Å². The molecule has 2 atom stereocenters. The van der Waals surface area contributed by atoms with E-state index in [1.54, 1.807) is 0 Å². The molecule has 0 radical (unpaired) electrons. The van der Waals surface area contributed by atoms with E-state index in [4.69, 9.17) is 0 Å². The molecule has 2 rings (SSSR count). The average Bonchev–Trinajstić information content (AvgIpc) is 2.56. The minimum atomic E-state index is 0.582. The largest absolute Gasteiger partial charge is 0.297 e. The minimum absolute atomic E-state index is 0.582. The molecular formula is C12H23N. The summed E-state index contributed by atoms with van der Waals surface area (Å²) in [5.74, 6) is 0. The minimum Gasteiger partial charge on any atom is -0.297 e. The van der Waals surface area contributed by atoms with Gasteiger partial charge in [-0.3, -0.25) is 4.90 Å². The molecular weight excluding hydrogens is 158 g/mol. The lowest BCUT2D eigenvalue weighted by Crippen LogP contribution is -2.43. The summed E-state index contributed by atoms with van der Waals surface area (Å²) in [4.78, 5) is 2.77. The Hall–Kier alpha value is -0.0400. The number of hydrogen-bond donors (Lipinski definition) is 0. The highest BCUT2D eigenvalue weighted by Gasteiger charge is 2.40. The van der Waals surface area contributed by atoms with Crippen LogP contribution in [0.25, 0.3) is 0 Å². The summed E-state index contributed by atoms with van der Waals surface area (Å²) in [6.45, 7) is 8.67. The van der Waals surface area contributed by atoms with Gasteiger partial charge in [-0.1, -0.05) is 20.3 Å². The van der Waals surface area contributed by atoms with Gasteiger partial charge in [0.25, 0.3) is 0 Å². The molecule has 13 heavy (non-hydrogen) atoms. The van der Waals surface area contributed by atoms with Gasteiger partial charge in [0.1, 0.15) is 0 Å². The van der Waals surface area contributed by atoms with Crippen molar-refractivity contribution in [2.24, 2.45) is 5.41 Å². The Balaban J connectivity index is 2.07. The van der Waals surface area contributed by atoms with Crippen LogP contribution in [-0.2, 0) is 0 Å². The summed E-state index contributed by atoms with van der Waals surface area (Å²) in [5.41, 5.74) is 0.582. The van der Waals surface area contributed by atoms with Crippen LogP contribution in [0.5, 0.6) is 0 Å². The quantitative estimate of drug-likeness (QED) is 0.601. The third-order valence-corrected chi connectivity index (χ3v) is 4.21. The lowest BCUT2D eigenvalue weighted by atomic mass is 9.86. The molecule has 1 aliphatic carbocycles. The van der Waals surface area contributed by atoms with E-state index < -0.39 is 0 Å². The van der Waals surface area contributed by atoms with Crippen molar-refractivity contribution in [1.29, 1.82) is 0 Å².